The number of benzene rings is 1. The van der Waals surface area contributed by atoms with Gasteiger partial charge in [-0.25, -0.2) is 0 Å². The standard InChI is InChI=1S/C6H8NO3P.2Ag/c8-11(9,10)7-6-4-2-1-3-5-6;;/h1-5H,(H3,7,8,9,10);;/q;2*+1/p-2. The van der Waals surface area contributed by atoms with Gasteiger partial charge in [-0.15, -0.1) is 0 Å². The van der Waals surface area contributed by atoms with Crippen LogP contribution in [0, 0.1) is 0 Å². The van der Waals surface area contributed by atoms with Crippen molar-refractivity contribution >= 4 is 13.4 Å². The normalized spacial score (nSPS) is 9.38. The molecule has 0 atom stereocenters. The monoisotopic (exact) mass is 385 g/mol. The topological polar surface area (TPSA) is 75.2 Å². The van der Waals surface area contributed by atoms with Crippen LogP contribution in [-0.2, 0) is 49.3 Å². The molecule has 0 aliphatic carbocycles. The summed E-state index contributed by atoms with van der Waals surface area (Å²) >= 11 is 0. The predicted octanol–water partition coefficient (Wildman–Crippen LogP) is -0.0778. The Kier molecular flexibility index (Phi) is 8.68. The van der Waals surface area contributed by atoms with Gasteiger partial charge in [-0.3, -0.25) is 0 Å². The summed E-state index contributed by atoms with van der Waals surface area (Å²) < 4.78 is 10.2. The molecule has 0 aliphatic heterocycles. The zero-order chi connectivity index (χ0) is 8.32. The second-order valence-corrected chi connectivity index (χ2v) is 3.19. The van der Waals surface area contributed by atoms with Crippen LogP contribution in [0.15, 0.2) is 30.3 Å². The third kappa shape index (κ3) is 7.70. The number of anilines is 1. The van der Waals surface area contributed by atoms with Gasteiger partial charge in [-0.05, 0) is 12.1 Å². The van der Waals surface area contributed by atoms with Crippen LogP contribution in [-0.4, -0.2) is 0 Å². The largest absolute Gasteiger partial charge is 1.00 e. The fourth-order valence-corrected chi connectivity index (χ4v) is 1.14. The number of rotatable bonds is 2. The molecule has 7 heteroatoms. The Morgan fingerprint density at radius 3 is 1.92 bits per heavy atom. The van der Waals surface area contributed by atoms with Crippen LogP contribution in [0.25, 0.3) is 0 Å². The first-order valence-corrected chi connectivity index (χ1v) is 4.47. The maximum atomic E-state index is 10.2. The quantitative estimate of drug-likeness (QED) is 0.570. The van der Waals surface area contributed by atoms with Crippen LogP contribution in [0.4, 0.5) is 5.69 Å². The summed E-state index contributed by atoms with van der Waals surface area (Å²) in [5.74, 6) is 0. The minimum atomic E-state index is -4.64. The van der Waals surface area contributed by atoms with Gasteiger partial charge >= 0.3 is 44.8 Å². The summed E-state index contributed by atoms with van der Waals surface area (Å²) in [5, 5.41) is 1.83. The molecule has 0 radical (unpaired) electrons. The molecule has 0 amide bonds. The van der Waals surface area contributed by atoms with E-state index in [4.69, 9.17) is 0 Å². The molecule has 0 heterocycles. The van der Waals surface area contributed by atoms with Gasteiger partial charge in [0.1, 0.15) is 0 Å². The van der Waals surface area contributed by atoms with Gasteiger partial charge in [0.15, 0.2) is 0 Å². The van der Waals surface area contributed by atoms with E-state index in [1.807, 2.05) is 5.09 Å². The molecule has 0 fully saturated rings. The van der Waals surface area contributed by atoms with Gasteiger partial charge in [-0.1, -0.05) is 18.2 Å². The van der Waals surface area contributed by atoms with Crippen LogP contribution in [0.5, 0.6) is 0 Å². The first-order valence-electron chi connectivity index (χ1n) is 2.93. The van der Waals surface area contributed by atoms with Crippen molar-refractivity contribution in [3.05, 3.63) is 30.3 Å². The average molecular weight is 387 g/mol. The van der Waals surface area contributed by atoms with Crippen LogP contribution in [0.2, 0.25) is 0 Å². The molecule has 1 rings (SSSR count). The molecule has 4 nitrogen and oxygen atoms in total. The molecule has 1 aromatic carbocycles. The predicted molar refractivity (Wildman–Crippen MR) is 37.7 cm³/mol. The molecule has 80 valence electrons. The van der Waals surface area contributed by atoms with Gasteiger partial charge in [-0.2, -0.15) is 0 Å². The Bertz CT molecular complexity index is 276. The first-order chi connectivity index (χ1) is 5.08. The number of hydrogen-bond acceptors (Lipinski definition) is 3. The molecule has 0 saturated carbocycles. The molecule has 13 heavy (non-hydrogen) atoms. The Hall–Kier alpha value is 0.651. The Morgan fingerprint density at radius 2 is 1.54 bits per heavy atom. The summed E-state index contributed by atoms with van der Waals surface area (Å²) in [7, 11) is -4.64. The minimum Gasteiger partial charge on any atom is -0.795 e. The second kappa shape index (κ2) is 7.01. The number of para-hydroxylation sites is 1. The Labute approximate surface area is 107 Å². The van der Waals surface area contributed by atoms with Gasteiger partial charge < -0.3 is 19.4 Å². The van der Waals surface area contributed by atoms with E-state index in [0.29, 0.717) is 5.69 Å². The van der Waals surface area contributed by atoms with E-state index in [1.165, 1.54) is 12.1 Å². The molecule has 0 aliphatic rings. The molecular weight excluding hydrogens is 381 g/mol. The number of nitrogens with one attached hydrogen (secondary N) is 1. The maximum Gasteiger partial charge on any atom is 1.00 e. The second-order valence-electron chi connectivity index (χ2n) is 1.98. The van der Waals surface area contributed by atoms with E-state index in [-0.39, 0.29) is 44.8 Å². The summed E-state index contributed by atoms with van der Waals surface area (Å²) in [6, 6.07) is 8.01. The Morgan fingerprint density at radius 1 is 1.08 bits per heavy atom. The van der Waals surface area contributed by atoms with Crippen LogP contribution < -0.4 is 14.9 Å². The van der Waals surface area contributed by atoms with Gasteiger partial charge in [0, 0.05) is 13.4 Å². The summed E-state index contributed by atoms with van der Waals surface area (Å²) in [6.45, 7) is 0. The molecule has 0 bridgehead atoms. The number of hydrogen-bond donors (Lipinski definition) is 1. The molecule has 0 unspecified atom stereocenters. The minimum absolute atomic E-state index is 0. The summed E-state index contributed by atoms with van der Waals surface area (Å²) in [6.07, 6.45) is 0. The molecule has 0 spiro atoms. The summed E-state index contributed by atoms with van der Waals surface area (Å²) in [4.78, 5) is 20.3. The fraction of sp³-hybridized carbons (Fsp3) is 0. The third-order valence-electron chi connectivity index (χ3n) is 1.04. The van der Waals surface area contributed by atoms with E-state index in [1.54, 1.807) is 18.2 Å². The molecule has 0 aromatic heterocycles. The first kappa shape index (κ1) is 16.1. The fourth-order valence-electron chi connectivity index (χ4n) is 0.671. The molecule has 1 aromatic rings. The van der Waals surface area contributed by atoms with Crippen molar-refractivity contribution in [1.82, 2.24) is 0 Å². The van der Waals surface area contributed by atoms with Crippen molar-refractivity contribution in [3.63, 3.8) is 0 Å². The third-order valence-corrected chi connectivity index (χ3v) is 1.57. The van der Waals surface area contributed by atoms with Crippen molar-refractivity contribution in [2.45, 2.75) is 0 Å². The van der Waals surface area contributed by atoms with Gasteiger partial charge in [0.05, 0.1) is 0 Å². The van der Waals surface area contributed by atoms with Crippen LogP contribution in [0.3, 0.4) is 0 Å². The van der Waals surface area contributed by atoms with Crippen molar-refractivity contribution in [3.8, 4) is 0 Å². The smallest absolute Gasteiger partial charge is 0.795 e. The van der Waals surface area contributed by atoms with Gasteiger partial charge in [0.2, 0.25) is 0 Å². The van der Waals surface area contributed by atoms with E-state index in [0.717, 1.165) is 0 Å². The van der Waals surface area contributed by atoms with Crippen molar-refractivity contribution in [2.75, 3.05) is 5.09 Å². The summed E-state index contributed by atoms with van der Waals surface area (Å²) in [5.41, 5.74) is 0.292. The SMILES string of the molecule is O=P([O-])([O-])Nc1ccccc1.[Ag+].[Ag+]. The van der Waals surface area contributed by atoms with Crippen molar-refractivity contribution in [2.24, 2.45) is 0 Å². The van der Waals surface area contributed by atoms with Crippen molar-refractivity contribution in [1.29, 1.82) is 0 Å². The van der Waals surface area contributed by atoms with E-state index < -0.39 is 7.75 Å². The molecule has 0 saturated heterocycles. The van der Waals surface area contributed by atoms with Gasteiger partial charge in [0.25, 0.3) is 0 Å². The van der Waals surface area contributed by atoms with Crippen LogP contribution >= 0.6 is 7.75 Å². The molecular formula is C6H6Ag2NO3P. The van der Waals surface area contributed by atoms with Crippen LogP contribution in [0.1, 0.15) is 0 Å². The zero-order valence-electron chi connectivity index (χ0n) is 6.16. The van der Waals surface area contributed by atoms with E-state index in [2.05, 4.69) is 0 Å². The zero-order valence-corrected chi connectivity index (χ0v) is 10.0. The van der Waals surface area contributed by atoms with E-state index >= 15 is 0 Å². The average Bonchev–Trinajstić information content (AvgIpc) is 1.85. The van der Waals surface area contributed by atoms with E-state index in [9.17, 15) is 14.4 Å². The Balaban J connectivity index is 0. The molecule has 1 N–H and O–H groups in total. The maximum absolute atomic E-state index is 10.2. The van der Waals surface area contributed by atoms with Crippen molar-refractivity contribution < 1.29 is 59.1 Å².